The highest BCUT2D eigenvalue weighted by molar-refractivity contribution is 14.1. The second-order valence-electron chi connectivity index (χ2n) is 2.45. The molecular formula is C9H11IO. The van der Waals surface area contributed by atoms with Crippen LogP contribution in [0.25, 0.3) is 0 Å². The third kappa shape index (κ3) is 2.17. The number of benzene rings is 1. The van der Waals surface area contributed by atoms with E-state index in [4.69, 9.17) is 0 Å². The van der Waals surface area contributed by atoms with Crippen molar-refractivity contribution in [3.63, 3.8) is 0 Å². The minimum absolute atomic E-state index is 0.303. The molecule has 0 bridgehead atoms. The van der Waals surface area contributed by atoms with E-state index >= 15 is 0 Å². The van der Waals surface area contributed by atoms with Crippen molar-refractivity contribution in [2.24, 2.45) is 0 Å². The van der Waals surface area contributed by atoms with Gasteiger partial charge in [0.25, 0.3) is 0 Å². The second-order valence-corrected chi connectivity index (χ2v) is 3.61. The van der Waals surface area contributed by atoms with Crippen LogP contribution in [0.3, 0.4) is 0 Å². The molecule has 0 spiro atoms. The molecule has 1 aromatic carbocycles. The molecule has 1 aromatic rings. The summed E-state index contributed by atoms with van der Waals surface area (Å²) in [7, 11) is 0. The van der Waals surface area contributed by atoms with Gasteiger partial charge in [-0.2, -0.15) is 0 Å². The van der Waals surface area contributed by atoms with Gasteiger partial charge in [-0.25, -0.2) is 0 Å². The zero-order chi connectivity index (χ0) is 8.27. The number of aliphatic hydroxyl groups excluding tert-OH is 1. The summed E-state index contributed by atoms with van der Waals surface area (Å²) in [6, 6.07) is 7.91. The molecule has 0 fully saturated rings. The number of rotatable bonds is 2. The van der Waals surface area contributed by atoms with Gasteiger partial charge in [0, 0.05) is 3.57 Å². The molecule has 2 heteroatoms. The first-order chi connectivity index (χ1) is 5.25. The number of aliphatic hydroxyl groups is 1. The highest BCUT2D eigenvalue weighted by Crippen LogP contribution is 2.21. The predicted molar refractivity (Wildman–Crippen MR) is 54.4 cm³/mol. The van der Waals surface area contributed by atoms with Gasteiger partial charge in [-0.3, -0.25) is 0 Å². The maximum absolute atomic E-state index is 9.51. The smallest absolute Gasteiger partial charge is 0.0797 e. The van der Waals surface area contributed by atoms with Crippen LogP contribution in [-0.2, 0) is 0 Å². The van der Waals surface area contributed by atoms with E-state index in [1.165, 1.54) is 0 Å². The maximum Gasteiger partial charge on any atom is 0.0797 e. The minimum Gasteiger partial charge on any atom is -0.388 e. The highest BCUT2D eigenvalue weighted by Gasteiger charge is 2.06. The Hall–Kier alpha value is -0.0900. The molecule has 60 valence electrons. The Morgan fingerprint density at radius 3 is 2.64 bits per heavy atom. The van der Waals surface area contributed by atoms with Crippen LogP contribution in [0, 0.1) is 3.57 Å². The largest absolute Gasteiger partial charge is 0.388 e. The summed E-state index contributed by atoms with van der Waals surface area (Å²) in [5.74, 6) is 0. The average molecular weight is 262 g/mol. The van der Waals surface area contributed by atoms with E-state index in [1.807, 2.05) is 31.2 Å². The maximum atomic E-state index is 9.51. The molecule has 11 heavy (non-hydrogen) atoms. The Bertz CT molecular complexity index is 235. The van der Waals surface area contributed by atoms with Gasteiger partial charge in [0.05, 0.1) is 6.10 Å². The van der Waals surface area contributed by atoms with Gasteiger partial charge >= 0.3 is 0 Å². The van der Waals surface area contributed by atoms with E-state index in [-0.39, 0.29) is 6.10 Å². The molecule has 0 saturated heterocycles. The summed E-state index contributed by atoms with van der Waals surface area (Å²) in [5, 5.41) is 9.51. The quantitative estimate of drug-likeness (QED) is 0.812. The second kappa shape index (κ2) is 4.07. The van der Waals surface area contributed by atoms with Gasteiger partial charge in [-0.15, -0.1) is 0 Å². The number of halogens is 1. The molecule has 0 radical (unpaired) electrons. The molecule has 0 amide bonds. The van der Waals surface area contributed by atoms with Crippen LogP contribution in [0.15, 0.2) is 24.3 Å². The van der Waals surface area contributed by atoms with Crippen molar-refractivity contribution in [1.29, 1.82) is 0 Å². The van der Waals surface area contributed by atoms with E-state index in [0.717, 1.165) is 15.6 Å². The Balaban J connectivity index is 2.93. The zero-order valence-electron chi connectivity index (χ0n) is 6.42. The van der Waals surface area contributed by atoms with Crippen LogP contribution >= 0.6 is 22.6 Å². The fourth-order valence-corrected chi connectivity index (χ4v) is 1.71. The highest BCUT2D eigenvalue weighted by atomic mass is 127. The monoisotopic (exact) mass is 262 g/mol. The lowest BCUT2D eigenvalue weighted by Gasteiger charge is -2.09. The van der Waals surface area contributed by atoms with Crippen molar-refractivity contribution in [2.45, 2.75) is 19.4 Å². The third-order valence-corrected chi connectivity index (χ3v) is 2.63. The first-order valence-corrected chi connectivity index (χ1v) is 4.76. The van der Waals surface area contributed by atoms with E-state index in [2.05, 4.69) is 22.6 Å². The number of hydrogen-bond acceptors (Lipinski definition) is 1. The van der Waals surface area contributed by atoms with Crippen molar-refractivity contribution in [3.8, 4) is 0 Å². The average Bonchev–Trinajstić information content (AvgIpc) is 2.04. The third-order valence-electron chi connectivity index (χ3n) is 1.65. The lowest BCUT2D eigenvalue weighted by atomic mass is 10.1. The molecule has 0 heterocycles. The molecule has 0 aliphatic carbocycles. The first-order valence-electron chi connectivity index (χ1n) is 3.68. The van der Waals surface area contributed by atoms with Gasteiger partial charge in [0.1, 0.15) is 0 Å². The van der Waals surface area contributed by atoms with Gasteiger partial charge in [0.2, 0.25) is 0 Å². The van der Waals surface area contributed by atoms with Crippen LogP contribution in [0.5, 0.6) is 0 Å². The SMILES string of the molecule is CC[C@@H](O)c1ccccc1I. The van der Waals surface area contributed by atoms with E-state index in [1.54, 1.807) is 0 Å². The lowest BCUT2D eigenvalue weighted by molar-refractivity contribution is 0.173. The molecule has 1 rings (SSSR count). The summed E-state index contributed by atoms with van der Waals surface area (Å²) in [4.78, 5) is 0. The molecular weight excluding hydrogens is 251 g/mol. The summed E-state index contributed by atoms with van der Waals surface area (Å²) < 4.78 is 1.14. The molecule has 0 aliphatic heterocycles. The predicted octanol–water partition coefficient (Wildman–Crippen LogP) is 2.73. The summed E-state index contributed by atoms with van der Waals surface area (Å²) >= 11 is 2.24. The standard InChI is InChI=1S/C9H11IO/c1-2-9(11)7-5-3-4-6-8(7)10/h3-6,9,11H,2H2,1H3/t9-/m1/s1. The van der Waals surface area contributed by atoms with Gasteiger partial charge < -0.3 is 5.11 Å². The Morgan fingerprint density at radius 1 is 1.45 bits per heavy atom. The minimum atomic E-state index is -0.303. The molecule has 0 unspecified atom stereocenters. The molecule has 1 nitrogen and oxygen atoms in total. The van der Waals surface area contributed by atoms with Crippen molar-refractivity contribution in [1.82, 2.24) is 0 Å². The number of hydrogen-bond donors (Lipinski definition) is 1. The van der Waals surface area contributed by atoms with E-state index in [0.29, 0.717) is 0 Å². The van der Waals surface area contributed by atoms with Crippen LogP contribution in [0.1, 0.15) is 25.0 Å². The molecule has 0 saturated carbocycles. The van der Waals surface area contributed by atoms with Crippen LogP contribution in [-0.4, -0.2) is 5.11 Å². The van der Waals surface area contributed by atoms with E-state index in [9.17, 15) is 5.11 Å². The summed E-state index contributed by atoms with van der Waals surface area (Å²) in [6.45, 7) is 1.98. The zero-order valence-corrected chi connectivity index (χ0v) is 8.58. The molecule has 0 aliphatic rings. The summed E-state index contributed by atoms with van der Waals surface area (Å²) in [5.41, 5.74) is 1.04. The van der Waals surface area contributed by atoms with Gasteiger partial charge in [0.15, 0.2) is 0 Å². The van der Waals surface area contributed by atoms with Gasteiger partial charge in [-0.1, -0.05) is 25.1 Å². The fourth-order valence-electron chi connectivity index (χ4n) is 0.965. The van der Waals surface area contributed by atoms with Crippen molar-refractivity contribution < 1.29 is 5.11 Å². The van der Waals surface area contributed by atoms with Crippen molar-refractivity contribution in [3.05, 3.63) is 33.4 Å². The summed E-state index contributed by atoms with van der Waals surface area (Å²) in [6.07, 6.45) is 0.475. The van der Waals surface area contributed by atoms with Crippen LogP contribution in [0.2, 0.25) is 0 Å². The van der Waals surface area contributed by atoms with Crippen LogP contribution in [0.4, 0.5) is 0 Å². The fraction of sp³-hybridized carbons (Fsp3) is 0.333. The van der Waals surface area contributed by atoms with Crippen LogP contribution < -0.4 is 0 Å². The van der Waals surface area contributed by atoms with Gasteiger partial charge in [-0.05, 0) is 40.6 Å². The first kappa shape index (κ1) is 9.00. The Labute approximate surface area is 80.6 Å². The molecule has 1 N–H and O–H groups in total. The lowest BCUT2D eigenvalue weighted by Crippen LogP contribution is -1.97. The molecule has 1 atom stereocenters. The van der Waals surface area contributed by atoms with Crippen molar-refractivity contribution >= 4 is 22.6 Å². The van der Waals surface area contributed by atoms with Crippen molar-refractivity contribution in [2.75, 3.05) is 0 Å². The molecule has 0 aromatic heterocycles. The Morgan fingerprint density at radius 2 is 2.09 bits per heavy atom. The Kier molecular flexibility index (Phi) is 3.33. The topological polar surface area (TPSA) is 20.2 Å². The van der Waals surface area contributed by atoms with E-state index < -0.39 is 0 Å². The normalized spacial score (nSPS) is 13.0.